The van der Waals surface area contributed by atoms with Gasteiger partial charge in [-0.15, -0.1) is 0 Å². The highest BCUT2D eigenvalue weighted by molar-refractivity contribution is 5.16. The zero-order valence-electron chi connectivity index (χ0n) is 9.24. The zero-order chi connectivity index (χ0) is 10.7. The topological polar surface area (TPSA) is 45.5 Å². The van der Waals surface area contributed by atoms with Gasteiger partial charge in [0.25, 0.3) is 0 Å². The van der Waals surface area contributed by atoms with E-state index in [1.165, 1.54) is 0 Å². The van der Waals surface area contributed by atoms with Gasteiger partial charge in [0.05, 0.1) is 25.9 Å². The summed E-state index contributed by atoms with van der Waals surface area (Å²) >= 11 is 0. The summed E-state index contributed by atoms with van der Waals surface area (Å²) in [5.74, 6) is 0.501. The minimum Gasteiger partial charge on any atom is -0.382 e. The molecule has 1 unspecified atom stereocenters. The molecule has 15 heavy (non-hydrogen) atoms. The molecule has 0 radical (unpaired) electrons. The lowest BCUT2D eigenvalue weighted by atomic mass is 9.93. The van der Waals surface area contributed by atoms with Crippen molar-refractivity contribution < 1.29 is 9.47 Å². The van der Waals surface area contributed by atoms with Crippen LogP contribution in [0.5, 0.6) is 0 Å². The van der Waals surface area contributed by atoms with E-state index >= 15 is 0 Å². The van der Waals surface area contributed by atoms with Crippen LogP contribution in [0.3, 0.4) is 0 Å². The Labute approximate surface area is 90.8 Å². The van der Waals surface area contributed by atoms with E-state index in [0.29, 0.717) is 12.5 Å². The summed E-state index contributed by atoms with van der Waals surface area (Å²) in [4.78, 5) is 2.25. The molecule has 2 aliphatic rings. The van der Waals surface area contributed by atoms with Crippen molar-refractivity contribution in [1.82, 2.24) is 4.90 Å². The lowest BCUT2D eigenvalue weighted by molar-refractivity contribution is -0.0371. The van der Waals surface area contributed by atoms with E-state index in [4.69, 9.17) is 9.47 Å². The largest absolute Gasteiger partial charge is 0.382 e. The van der Waals surface area contributed by atoms with E-state index in [-0.39, 0.29) is 0 Å². The summed E-state index contributed by atoms with van der Waals surface area (Å²) in [6.07, 6.45) is 2.32. The van der Waals surface area contributed by atoms with Crippen LogP contribution in [0.4, 0.5) is 0 Å². The average Bonchev–Trinajstić information content (AvgIpc) is 3.11. The number of hydrogen-bond donors (Lipinski definition) is 0. The SMILES string of the molecule is COCC(C#N)(C1CC1)N1CCOCC1. The van der Waals surface area contributed by atoms with Gasteiger partial charge in [0.1, 0.15) is 5.54 Å². The van der Waals surface area contributed by atoms with Crippen molar-refractivity contribution in [2.45, 2.75) is 18.4 Å². The number of hydrogen-bond acceptors (Lipinski definition) is 4. The molecule has 0 aromatic heterocycles. The molecule has 4 nitrogen and oxygen atoms in total. The van der Waals surface area contributed by atoms with Crippen LogP contribution < -0.4 is 0 Å². The van der Waals surface area contributed by atoms with Crippen LogP contribution >= 0.6 is 0 Å². The maximum atomic E-state index is 9.46. The highest BCUT2D eigenvalue weighted by Gasteiger charge is 2.50. The Bertz CT molecular complexity index is 254. The molecule has 84 valence electrons. The van der Waals surface area contributed by atoms with Crippen LogP contribution in [-0.2, 0) is 9.47 Å². The maximum Gasteiger partial charge on any atom is 0.135 e. The standard InChI is InChI=1S/C11H18N2O2/c1-14-9-11(8-12,10-2-3-10)13-4-6-15-7-5-13/h10H,2-7,9H2,1H3. The van der Waals surface area contributed by atoms with Crippen LogP contribution in [-0.4, -0.2) is 50.5 Å². The van der Waals surface area contributed by atoms with Gasteiger partial charge in [-0.3, -0.25) is 4.90 Å². The maximum absolute atomic E-state index is 9.46. The highest BCUT2D eigenvalue weighted by Crippen LogP contribution is 2.43. The van der Waals surface area contributed by atoms with Crippen LogP contribution in [0.2, 0.25) is 0 Å². The number of methoxy groups -OCH3 is 1. The molecule has 1 heterocycles. The summed E-state index contributed by atoms with van der Waals surface area (Å²) in [5.41, 5.74) is -0.390. The molecule has 1 aliphatic heterocycles. The Kier molecular flexibility index (Phi) is 3.25. The van der Waals surface area contributed by atoms with E-state index in [0.717, 1.165) is 39.1 Å². The van der Waals surface area contributed by atoms with E-state index in [9.17, 15) is 5.26 Å². The minimum atomic E-state index is -0.390. The Balaban J connectivity index is 2.11. The second kappa shape index (κ2) is 4.48. The van der Waals surface area contributed by atoms with Crippen LogP contribution in [0.1, 0.15) is 12.8 Å². The van der Waals surface area contributed by atoms with Crippen molar-refractivity contribution in [1.29, 1.82) is 5.26 Å². The molecule has 4 heteroatoms. The highest BCUT2D eigenvalue weighted by atomic mass is 16.5. The second-order valence-electron chi connectivity index (χ2n) is 4.34. The van der Waals surface area contributed by atoms with Crippen molar-refractivity contribution in [3.63, 3.8) is 0 Å². The molecule has 1 atom stereocenters. The van der Waals surface area contributed by atoms with E-state index in [2.05, 4.69) is 11.0 Å². The number of morpholine rings is 1. The fourth-order valence-electron chi connectivity index (χ4n) is 2.40. The molecule has 0 N–H and O–H groups in total. The second-order valence-corrected chi connectivity index (χ2v) is 4.34. The minimum absolute atomic E-state index is 0.390. The number of nitrogens with zero attached hydrogens (tertiary/aromatic N) is 2. The van der Waals surface area contributed by atoms with Gasteiger partial charge < -0.3 is 9.47 Å². The number of ether oxygens (including phenoxy) is 2. The van der Waals surface area contributed by atoms with Crippen molar-refractivity contribution in [3.8, 4) is 6.07 Å². The molecule has 2 rings (SSSR count). The lowest BCUT2D eigenvalue weighted by Crippen LogP contribution is -2.56. The third kappa shape index (κ3) is 2.00. The van der Waals surface area contributed by atoms with Gasteiger partial charge in [0, 0.05) is 20.2 Å². The normalized spacial score (nSPS) is 26.9. The fraction of sp³-hybridized carbons (Fsp3) is 0.909. The van der Waals surface area contributed by atoms with E-state index < -0.39 is 5.54 Å². The molecular weight excluding hydrogens is 192 g/mol. The summed E-state index contributed by atoms with van der Waals surface area (Å²) in [7, 11) is 1.68. The Morgan fingerprint density at radius 2 is 2.13 bits per heavy atom. The number of nitriles is 1. The molecule has 1 aliphatic carbocycles. The van der Waals surface area contributed by atoms with Gasteiger partial charge in [0.15, 0.2) is 0 Å². The number of rotatable bonds is 4. The summed E-state index contributed by atoms with van der Waals surface area (Å²) < 4.78 is 10.6. The van der Waals surface area contributed by atoms with Crippen LogP contribution in [0.15, 0.2) is 0 Å². The molecule has 0 spiro atoms. The predicted molar refractivity (Wildman–Crippen MR) is 55.3 cm³/mol. The van der Waals surface area contributed by atoms with Crippen LogP contribution in [0.25, 0.3) is 0 Å². The Morgan fingerprint density at radius 3 is 2.60 bits per heavy atom. The van der Waals surface area contributed by atoms with Gasteiger partial charge >= 0.3 is 0 Å². The summed E-state index contributed by atoms with van der Waals surface area (Å²) in [6.45, 7) is 3.70. The van der Waals surface area contributed by atoms with Crippen LogP contribution in [0, 0.1) is 17.2 Å². The van der Waals surface area contributed by atoms with Gasteiger partial charge in [-0.05, 0) is 18.8 Å². The van der Waals surface area contributed by atoms with Gasteiger partial charge in [-0.2, -0.15) is 5.26 Å². The quantitative estimate of drug-likeness (QED) is 0.683. The first-order valence-electron chi connectivity index (χ1n) is 5.56. The summed E-state index contributed by atoms with van der Waals surface area (Å²) in [5, 5.41) is 9.46. The summed E-state index contributed by atoms with van der Waals surface area (Å²) in [6, 6.07) is 2.49. The Hall–Kier alpha value is -0.630. The van der Waals surface area contributed by atoms with Gasteiger partial charge in [-0.25, -0.2) is 0 Å². The molecule has 0 aromatic rings. The smallest absolute Gasteiger partial charge is 0.135 e. The molecule has 0 bridgehead atoms. The van der Waals surface area contributed by atoms with E-state index in [1.807, 2.05) is 0 Å². The molecule has 1 saturated heterocycles. The Morgan fingerprint density at radius 1 is 1.47 bits per heavy atom. The molecule has 0 aromatic carbocycles. The van der Waals surface area contributed by atoms with Crippen molar-refractivity contribution in [2.24, 2.45) is 5.92 Å². The fourth-order valence-corrected chi connectivity index (χ4v) is 2.40. The first kappa shape index (κ1) is 10.9. The van der Waals surface area contributed by atoms with E-state index in [1.54, 1.807) is 7.11 Å². The first-order chi connectivity index (χ1) is 7.33. The lowest BCUT2D eigenvalue weighted by Gasteiger charge is -2.40. The first-order valence-corrected chi connectivity index (χ1v) is 5.56. The molecule has 0 amide bonds. The molecular formula is C11H18N2O2. The third-order valence-corrected chi connectivity index (χ3v) is 3.39. The van der Waals surface area contributed by atoms with Crippen molar-refractivity contribution in [2.75, 3.05) is 40.0 Å². The zero-order valence-corrected chi connectivity index (χ0v) is 9.24. The monoisotopic (exact) mass is 210 g/mol. The third-order valence-electron chi connectivity index (χ3n) is 3.39. The predicted octanol–water partition coefficient (Wildman–Crippen LogP) is 0.637. The van der Waals surface area contributed by atoms with Crippen molar-refractivity contribution in [3.05, 3.63) is 0 Å². The average molecular weight is 210 g/mol. The molecule has 2 fully saturated rings. The van der Waals surface area contributed by atoms with Gasteiger partial charge in [-0.1, -0.05) is 0 Å². The van der Waals surface area contributed by atoms with Crippen molar-refractivity contribution >= 4 is 0 Å². The molecule has 1 saturated carbocycles. The van der Waals surface area contributed by atoms with Gasteiger partial charge in [0.2, 0.25) is 0 Å².